The number of carbonyl (C=O) groups is 1. The van der Waals surface area contributed by atoms with Gasteiger partial charge < -0.3 is 15.5 Å². The molecule has 1 fully saturated rings. The van der Waals surface area contributed by atoms with Crippen LogP contribution in [0.25, 0.3) is 0 Å². The van der Waals surface area contributed by atoms with Gasteiger partial charge in [0.15, 0.2) is 0 Å². The van der Waals surface area contributed by atoms with Crippen LogP contribution in [0.4, 0.5) is 10.6 Å². The zero-order chi connectivity index (χ0) is 17.5. The van der Waals surface area contributed by atoms with Gasteiger partial charge >= 0.3 is 6.03 Å². The number of nitrogens with one attached hydrogen (secondary N) is 2. The Balaban J connectivity index is 1.48. The standard InChI is InChI=1S/C18H20N6O/c19-11-15-4-2-8-21-17(15)22-9-10-23-18(25)24(16-5-6-16)13-14-3-1-7-20-12-14/h1-4,7-8,12,16H,5-6,9-10,13H2,(H,21,22)(H,23,25). The van der Waals surface area contributed by atoms with Crippen molar-refractivity contribution in [2.75, 3.05) is 18.4 Å². The average molecular weight is 336 g/mol. The van der Waals surface area contributed by atoms with Gasteiger partial charge in [-0.25, -0.2) is 9.78 Å². The van der Waals surface area contributed by atoms with Crippen LogP contribution < -0.4 is 10.6 Å². The lowest BCUT2D eigenvalue weighted by molar-refractivity contribution is 0.192. The van der Waals surface area contributed by atoms with E-state index in [0.717, 1.165) is 18.4 Å². The van der Waals surface area contributed by atoms with Crippen molar-refractivity contribution in [2.24, 2.45) is 0 Å². The number of nitrogens with zero attached hydrogens (tertiary/aromatic N) is 4. The smallest absolute Gasteiger partial charge is 0.318 e. The molecule has 2 aromatic heterocycles. The molecule has 2 heterocycles. The van der Waals surface area contributed by atoms with Crippen molar-refractivity contribution in [3.05, 3.63) is 54.0 Å². The molecule has 0 radical (unpaired) electrons. The Hall–Kier alpha value is -3.14. The maximum Gasteiger partial charge on any atom is 0.318 e. The molecule has 0 atom stereocenters. The molecule has 1 aliphatic rings. The number of anilines is 1. The van der Waals surface area contributed by atoms with Crippen molar-refractivity contribution in [1.82, 2.24) is 20.2 Å². The molecule has 0 spiro atoms. The summed E-state index contributed by atoms with van der Waals surface area (Å²) in [6.45, 7) is 1.52. The summed E-state index contributed by atoms with van der Waals surface area (Å²) in [5.74, 6) is 0.536. The number of carbonyl (C=O) groups excluding carboxylic acids is 1. The number of rotatable bonds is 7. The van der Waals surface area contributed by atoms with Crippen LogP contribution in [0.15, 0.2) is 42.9 Å². The Morgan fingerprint density at radius 1 is 1.28 bits per heavy atom. The lowest BCUT2D eigenvalue weighted by Crippen LogP contribution is -2.42. The first-order valence-electron chi connectivity index (χ1n) is 8.30. The third kappa shape index (κ3) is 4.67. The molecule has 2 aromatic rings. The number of hydrogen-bond acceptors (Lipinski definition) is 5. The van der Waals surface area contributed by atoms with Gasteiger partial charge in [-0.2, -0.15) is 5.26 Å². The van der Waals surface area contributed by atoms with Gasteiger partial charge in [0.1, 0.15) is 11.9 Å². The van der Waals surface area contributed by atoms with E-state index in [1.807, 2.05) is 17.0 Å². The van der Waals surface area contributed by atoms with E-state index in [1.54, 1.807) is 30.7 Å². The van der Waals surface area contributed by atoms with Crippen molar-refractivity contribution in [3.63, 3.8) is 0 Å². The van der Waals surface area contributed by atoms with Crippen LogP contribution in [0.5, 0.6) is 0 Å². The Bertz CT molecular complexity index is 754. The van der Waals surface area contributed by atoms with Crippen molar-refractivity contribution in [2.45, 2.75) is 25.4 Å². The second-order valence-electron chi connectivity index (χ2n) is 5.89. The minimum atomic E-state index is -0.0744. The number of urea groups is 1. The first-order valence-corrected chi connectivity index (χ1v) is 8.30. The summed E-state index contributed by atoms with van der Waals surface area (Å²) in [6, 6.07) is 9.60. The van der Waals surface area contributed by atoms with Crippen LogP contribution in [0.3, 0.4) is 0 Å². The average Bonchev–Trinajstić information content (AvgIpc) is 3.49. The quantitative estimate of drug-likeness (QED) is 0.756. The number of nitriles is 1. The molecule has 7 nitrogen and oxygen atoms in total. The molecule has 1 aliphatic carbocycles. The van der Waals surface area contributed by atoms with E-state index in [0.29, 0.717) is 37.1 Å². The Morgan fingerprint density at radius 3 is 2.84 bits per heavy atom. The molecule has 25 heavy (non-hydrogen) atoms. The first-order chi connectivity index (χ1) is 12.3. The molecule has 0 unspecified atom stereocenters. The monoisotopic (exact) mass is 336 g/mol. The predicted octanol–water partition coefficient (Wildman–Crippen LogP) is 2.13. The number of aromatic nitrogens is 2. The molecule has 3 rings (SSSR count). The van der Waals surface area contributed by atoms with Gasteiger partial charge in [-0.1, -0.05) is 6.07 Å². The van der Waals surface area contributed by atoms with E-state index in [4.69, 9.17) is 5.26 Å². The molecule has 7 heteroatoms. The highest BCUT2D eigenvalue weighted by molar-refractivity contribution is 5.75. The van der Waals surface area contributed by atoms with Crippen molar-refractivity contribution < 1.29 is 4.79 Å². The van der Waals surface area contributed by atoms with Gasteiger partial charge in [-0.05, 0) is 36.6 Å². The molecule has 0 aromatic carbocycles. The van der Waals surface area contributed by atoms with Crippen LogP contribution in [0.2, 0.25) is 0 Å². The minimum absolute atomic E-state index is 0.0744. The minimum Gasteiger partial charge on any atom is -0.367 e. The van der Waals surface area contributed by atoms with Crippen LogP contribution >= 0.6 is 0 Å². The lowest BCUT2D eigenvalue weighted by atomic mass is 10.2. The Labute approximate surface area is 146 Å². The molecule has 0 saturated heterocycles. The summed E-state index contributed by atoms with van der Waals surface area (Å²) < 4.78 is 0. The summed E-state index contributed by atoms with van der Waals surface area (Å²) in [4.78, 5) is 22.6. The summed E-state index contributed by atoms with van der Waals surface area (Å²) in [5.41, 5.74) is 1.51. The largest absolute Gasteiger partial charge is 0.367 e. The SMILES string of the molecule is N#Cc1cccnc1NCCNC(=O)N(Cc1cccnc1)C1CC1. The molecular formula is C18H20N6O. The molecule has 0 bridgehead atoms. The normalized spacial score (nSPS) is 12.9. The van der Waals surface area contributed by atoms with Gasteiger partial charge in [0.2, 0.25) is 0 Å². The molecule has 2 amide bonds. The summed E-state index contributed by atoms with van der Waals surface area (Å²) in [6.07, 6.45) is 7.24. The summed E-state index contributed by atoms with van der Waals surface area (Å²) in [7, 11) is 0. The molecule has 128 valence electrons. The van der Waals surface area contributed by atoms with E-state index < -0.39 is 0 Å². The van der Waals surface area contributed by atoms with Gasteiger partial charge in [-0.3, -0.25) is 4.98 Å². The number of hydrogen-bond donors (Lipinski definition) is 2. The van der Waals surface area contributed by atoms with E-state index in [9.17, 15) is 4.79 Å². The maximum atomic E-state index is 12.5. The maximum absolute atomic E-state index is 12.5. The highest BCUT2D eigenvalue weighted by Crippen LogP contribution is 2.28. The first kappa shape index (κ1) is 16.7. The van der Waals surface area contributed by atoms with Crippen molar-refractivity contribution >= 4 is 11.8 Å². The van der Waals surface area contributed by atoms with Crippen molar-refractivity contribution in [1.29, 1.82) is 5.26 Å². The highest BCUT2D eigenvalue weighted by atomic mass is 16.2. The van der Waals surface area contributed by atoms with E-state index in [1.165, 1.54) is 0 Å². The van der Waals surface area contributed by atoms with E-state index >= 15 is 0 Å². The fourth-order valence-corrected chi connectivity index (χ4v) is 2.53. The third-order valence-corrected chi connectivity index (χ3v) is 3.95. The fraction of sp³-hybridized carbons (Fsp3) is 0.333. The predicted molar refractivity (Wildman–Crippen MR) is 93.6 cm³/mol. The fourth-order valence-electron chi connectivity index (χ4n) is 2.53. The summed E-state index contributed by atoms with van der Waals surface area (Å²) in [5, 5.41) is 15.0. The second-order valence-corrected chi connectivity index (χ2v) is 5.89. The summed E-state index contributed by atoms with van der Waals surface area (Å²) >= 11 is 0. The van der Waals surface area contributed by atoms with Gasteiger partial charge in [-0.15, -0.1) is 0 Å². The molecule has 1 saturated carbocycles. The molecular weight excluding hydrogens is 316 g/mol. The highest BCUT2D eigenvalue weighted by Gasteiger charge is 2.32. The van der Waals surface area contributed by atoms with Crippen LogP contribution in [-0.2, 0) is 6.54 Å². The van der Waals surface area contributed by atoms with Gasteiger partial charge in [0, 0.05) is 44.3 Å². The zero-order valence-electron chi connectivity index (χ0n) is 13.9. The number of amides is 2. The molecule has 0 aliphatic heterocycles. The van der Waals surface area contributed by atoms with Crippen LogP contribution in [0, 0.1) is 11.3 Å². The van der Waals surface area contributed by atoms with E-state index in [-0.39, 0.29) is 6.03 Å². The second kappa shape index (κ2) is 8.11. The Kier molecular flexibility index (Phi) is 5.42. The van der Waals surface area contributed by atoms with Crippen LogP contribution in [-0.4, -0.2) is 40.0 Å². The van der Waals surface area contributed by atoms with Gasteiger partial charge in [0.05, 0.1) is 5.56 Å². The third-order valence-electron chi connectivity index (χ3n) is 3.95. The molecule has 2 N–H and O–H groups in total. The van der Waals surface area contributed by atoms with E-state index in [2.05, 4.69) is 26.7 Å². The van der Waals surface area contributed by atoms with Crippen LogP contribution in [0.1, 0.15) is 24.0 Å². The Morgan fingerprint density at radius 2 is 2.12 bits per heavy atom. The van der Waals surface area contributed by atoms with Gasteiger partial charge in [0.25, 0.3) is 0 Å². The lowest BCUT2D eigenvalue weighted by Gasteiger charge is -2.23. The number of pyridine rings is 2. The topological polar surface area (TPSA) is 93.9 Å². The van der Waals surface area contributed by atoms with Crippen molar-refractivity contribution in [3.8, 4) is 6.07 Å². The zero-order valence-corrected chi connectivity index (χ0v) is 13.9.